The maximum absolute atomic E-state index is 12.3. The van der Waals surface area contributed by atoms with Gasteiger partial charge in [-0.15, -0.1) is 0 Å². The lowest BCUT2D eigenvalue weighted by molar-refractivity contribution is 0.102. The van der Waals surface area contributed by atoms with Crippen LogP contribution in [0.25, 0.3) is 0 Å². The summed E-state index contributed by atoms with van der Waals surface area (Å²) in [5.74, 6) is -0.328. The molecule has 0 aliphatic heterocycles. The number of halogens is 2. The highest BCUT2D eigenvalue weighted by atomic mass is 35.5. The number of nitrogens with zero attached hydrogens (tertiary/aromatic N) is 2. The summed E-state index contributed by atoms with van der Waals surface area (Å²) in [5, 5.41) is 11.9. The Morgan fingerprint density at radius 1 is 0.800 bits per heavy atom. The Balaban J connectivity index is 1.69. The van der Waals surface area contributed by atoms with E-state index >= 15 is 0 Å². The quantitative estimate of drug-likeness (QED) is 0.513. The van der Waals surface area contributed by atoms with Crippen LogP contribution < -0.4 is 5.32 Å². The summed E-state index contributed by atoms with van der Waals surface area (Å²) in [6.45, 7) is 0. The van der Waals surface area contributed by atoms with Gasteiger partial charge in [-0.2, -0.15) is 10.2 Å². The number of carbonyl (C=O) groups is 1. The molecule has 3 aromatic carbocycles. The van der Waals surface area contributed by atoms with Crippen LogP contribution in [0.15, 0.2) is 83.0 Å². The molecule has 0 unspecified atom stereocenters. The fraction of sp³-hybridized carbons (Fsp3) is 0. The van der Waals surface area contributed by atoms with Gasteiger partial charge in [0.2, 0.25) is 0 Å². The molecule has 4 nitrogen and oxygen atoms in total. The first-order valence-corrected chi connectivity index (χ1v) is 8.21. The predicted octanol–water partition coefficient (Wildman–Crippen LogP) is 6.66. The second-order valence-corrected chi connectivity index (χ2v) is 6.00. The SMILES string of the molecule is O=C(Nc1ccc(N=Nc2ccccc2)cc1)c1cc(Cl)ccc1Cl. The number of anilines is 1. The van der Waals surface area contributed by atoms with Crippen LogP contribution in [0.2, 0.25) is 10.0 Å². The summed E-state index contributed by atoms with van der Waals surface area (Å²) in [5.41, 5.74) is 2.40. The number of amides is 1. The van der Waals surface area contributed by atoms with Crippen molar-refractivity contribution in [3.8, 4) is 0 Å². The van der Waals surface area contributed by atoms with Crippen LogP contribution in [0.4, 0.5) is 17.1 Å². The Bertz CT molecular complexity index is 910. The molecule has 0 bridgehead atoms. The van der Waals surface area contributed by atoms with Crippen molar-refractivity contribution in [2.75, 3.05) is 5.32 Å². The average molecular weight is 370 g/mol. The number of azo groups is 1. The number of hydrogen-bond donors (Lipinski definition) is 1. The predicted molar refractivity (Wildman–Crippen MR) is 101 cm³/mol. The highest BCUT2D eigenvalue weighted by Crippen LogP contribution is 2.23. The Morgan fingerprint density at radius 3 is 2.12 bits per heavy atom. The van der Waals surface area contributed by atoms with E-state index in [-0.39, 0.29) is 5.91 Å². The zero-order chi connectivity index (χ0) is 17.6. The van der Waals surface area contributed by atoms with Crippen molar-refractivity contribution in [1.82, 2.24) is 0 Å². The lowest BCUT2D eigenvalue weighted by Gasteiger charge is -2.07. The summed E-state index contributed by atoms with van der Waals surface area (Å²) < 4.78 is 0. The molecule has 0 aliphatic rings. The normalized spacial score (nSPS) is 10.8. The van der Waals surface area contributed by atoms with Gasteiger partial charge in [0.25, 0.3) is 5.91 Å². The molecular formula is C19H13Cl2N3O. The van der Waals surface area contributed by atoms with Crippen LogP contribution >= 0.6 is 23.2 Å². The van der Waals surface area contributed by atoms with Crippen molar-refractivity contribution in [3.63, 3.8) is 0 Å². The second kappa shape index (κ2) is 7.92. The van der Waals surface area contributed by atoms with Gasteiger partial charge < -0.3 is 5.32 Å². The first-order chi connectivity index (χ1) is 12.1. The molecule has 3 rings (SSSR count). The van der Waals surface area contributed by atoms with Crippen LogP contribution in [-0.2, 0) is 0 Å². The van der Waals surface area contributed by atoms with Crippen LogP contribution in [-0.4, -0.2) is 5.91 Å². The van der Waals surface area contributed by atoms with Gasteiger partial charge in [-0.05, 0) is 54.6 Å². The molecule has 0 fully saturated rings. The third kappa shape index (κ3) is 4.66. The Hall–Kier alpha value is -2.69. The number of hydrogen-bond acceptors (Lipinski definition) is 3. The van der Waals surface area contributed by atoms with E-state index in [2.05, 4.69) is 15.5 Å². The van der Waals surface area contributed by atoms with Crippen molar-refractivity contribution in [2.24, 2.45) is 10.2 Å². The minimum Gasteiger partial charge on any atom is -0.322 e. The Kier molecular flexibility index (Phi) is 5.43. The lowest BCUT2D eigenvalue weighted by atomic mass is 10.2. The van der Waals surface area contributed by atoms with Crippen molar-refractivity contribution in [2.45, 2.75) is 0 Å². The van der Waals surface area contributed by atoms with E-state index in [4.69, 9.17) is 23.2 Å². The monoisotopic (exact) mass is 369 g/mol. The molecule has 0 spiro atoms. The zero-order valence-corrected chi connectivity index (χ0v) is 14.5. The molecule has 0 saturated carbocycles. The summed E-state index contributed by atoms with van der Waals surface area (Å²) in [7, 11) is 0. The molecule has 0 atom stereocenters. The smallest absolute Gasteiger partial charge is 0.257 e. The van der Waals surface area contributed by atoms with E-state index in [9.17, 15) is 4.79 Å². The molecule has 0 radical (unpaired) electrons. The molecular weight excluding hydrogens is 357 g/mol. The number of benzene rings is 3. The second-order valence-electron chi connectivity index (χ2n) is 5.16. The molecule has 0 aromatic heterocycles. The van der Waals surface area contributed by atoms with Gasteiger partial charge >= 0.3 is 0 Å². The maximum atomic E-state index is 12.3. The zero-order valence-electron chi connectivity index (χ0n) is 13.0. The topological polar surface area (TPSA) is 53.8 Å². The van der Waals surface area contributed by atoms with Gasteiger partial charge in [0.05, 0.1) is 22.0 Å². The van der Waals surface area contributed by atoms with Gasteiger partial charge in [0.15, 0.2) is 0 Å². The van der Waals surface area contributed by atoms with E-state index in [0.29, 0.717) is 27.0 Å². The number of rotatable bonds is 4. The minimum absolute atomic E-state index is 0.321. The van der Waals surface area contributed by atoms with Crippen molar-refractivity contribution in [3.05, 3.63) is 88.4 Å². The largest absolute Gasteiger partial charge is 0.322 e. The molecule has 25 heavy (non-hydrogen) atoms. The fourth-order valence-corrected chi connectivity index (χ4v) is 2.47. The van der Waals surface area contributed by atoms with Gasteiger partial charge in [0.1, 0.15) is 0 Å². The summed E-state index contributed by atoms with van der Waals surface area (Å²) in [6, 6.07) is 21.2. The van der Waals surface area contributed by atoms with E-state index in [0.717, 1.165) is 5.69 Å². The molecule has 6 heteroatoms. The highest BCUT2D eigenvalue weighted by Gasteiger charge is 2.11. The van der Waals surface area contributed by atoms with Crippen LogP contribution in [0.5, 0.6) is 0 Å². The average Bonchev–Trinajstić information content (AvgIpc) is 2.64. The molecule has 124 valence electrons. The molecule has 0 aliphatic carbocycles. The molecule has 1 amide bonds. The standard InChI is InChI=1S/C19H13Cl2N3O/c20-13-6-11-18(21)17(12-13)19(25)22-14-7-9-16(10-8-14)24-23-15-4-2-1-3-5-15/h1-12H,(H,22,25). The molecule has 1 N–H and O–H groups in total. The molecule has 0 saturated heterocycles. The number of nitrogens with one attached hydrogen (secondary N) is 1. The number of carbonyl (C=O) groups excluding carboxylic acids is 1. The first-order valence-electron chi connectivity index (χ1n) is 7.45. The summed E-state index contributed by atoms with van der Waals surface area (Å²) in [4.78, 5) is 12.3. The van der Waals surface area contributed by atoms with Crippen molar-refractivity contribution >= 4 is 46.2 Å². The van der Waals surface area contributed by atoms with Gasteiger partial charge in [-0.25, -0.2) is 0 Å². The minimum atomic E-state index is -0.328. The van der Waals surface area contributed by atoms with Crippen LogP contribution in [0.1, 0.15) is 10.4 Å². The van der Waals surface area contributed by atoms with E-state index < -0.39 is 0 Å². The van der Waals surface area contributed by atoms with E-state index in [1.54, 1.807) is 36.4 Å². The van der Waals surface area contributed by atoms with Crippen molar-refractivity contribution in [1.29, 1.82) is 0 Å². The third-order valence-corrected chi connectivity index (χ3v) is 3.90. The molecule has 3 aromatic rings. The van der Waals surface area contributed by atoms with Gasteiger partial charge in [0, 0.05) is 10.7 Å². The van der Waals surface area contributed by atoms with E-state index in [1.165, 1.54) is 6.07 Å². The molecule has 0 heterocycles. The summed E-state index contributed by atoms with van der Waals surface area (Å²) in [6.07, 6.45) is 0. The third-order valence-electron chi connectivity index (χ3n) is 3.34. The van der Waals surface area contributed by atoms with Crippen LogP contribution in [0.3, 0.4) is 0 Å². The van der Waals surface area contributed by atoms with E-state index in [1.807, 2.05) is 30.3 Å². The van der Waals surface area contributed by atoms with Crippen molar-refractivity contribution < 1.29 is 4.79 Å². The Labute approximate surface area is 155 Å². The fourth-order valence-electron chi connectivity index (χ4n) is 2.09. The summed E-state index contributed by atoms with van der Waals surface area (Å²) >= 11 is 11.9. The van der Waals surface area contributed by atoms with Crippen LogP contribution in [0, 0.1) is 0 Å². The lowest BCUT2D eigenvalue weighted by Crippen LogP contribution is -2.12. The first kappa shape index (κ1) is 17.1. The Morgan fingerprint density at radius 2 is 1.44 bits per heavy atom. The highest BCUT2D eigenvalue weighted by molar-refractivity contribution is 6.36. The van der Waals surface area contributed by atoms with Gasteiger partial charge in [-0.3, -0.25) is 4.79 Å². The maximum Gasteiger partial charge on any atom is 0.257 e. The van der Waals surface area contributed by atoms with Gasteiger partial charge in [-0.1, -0.05) is 41.4 Å².